The van der Waals surface area contributed by atoms with E-state index in [9.17, 15) is 5.11 Å². The Morgan fingerprint density at radius 3 is 2.69 bits per heavy atom. The lowest BCUT2D eigenvalue weighted by atomic mass is 9.92. The lowest BCUT2D eigenvalue weighted by Gasteiger charge is -2.38. The number of anilines is 1. The van der Waals surface area contributed by atoms with Gasteiger partial charge >= 0.3 is 0 Å². The summed E-state index contributed by atoms with van der Waals surface area (Å²) in [6, 6.07) is 1.95. The van der Waals surface area contributed by atoms with E-state index in [4.69, 9.17) is 14.2 Å². The van der Waals surface area contributed by atoms with E-state index in [-0.39, 0.29) is 18.3 Å². The molecule has 0 aromatic carbocycles. The van der Waals surface area contributed by atoms with Crippen LogP contribution in [0.2, 0.25) is 0 Å². The van der Waals surface area contributed by atoms with Crippen LogP contribution >= 0.6 is 0 Å². The van der Waals surface area contributed by atoms with Crippen molar-refractivity contribution in [2.45, 2.75) is 63.8 Å². The van der Waals surface area contributed by atoms with Gasteiger partial charge in [0.1, 0.15) is 12.4 Å². The third kappa shape index (κ3) is 5.79. The Morgan fingerprint density at radius 2 is 1.96 bits per heavy atom. The van der Waals surface area contributed by atoms with E-state index in [1.807, 2.05) is 6.07 Å². The van der Waals surface area contributed by atoms with Gasteiger partial charge in [0.15, 0.2) is 5.82 Å². The molecule has 1 saturated heterocycles. The van der Waals surface area contributed by atoms with Gasteiger partial charge in [-0.2, -0.15) is 5.10 Å². The van der Waals surface area contributed by atoms with Crippen molar-refractivity contribution in [3.8, 4) is 5.75 Å². The first-order valence-electron chi connectivity index (χ1n) is 9.86. The molecule has 1 saturated carbocycles. The van der Waals surface area contributed by atoms with Crippen LogP contribution in [0, 0.1) is 0 Å². The van der Waals surface area contributed by atoms with Gasteiger partial charge in [-0.3, -0.25) is 0 Å². The molecular formula is C19H31N3O4. The van der Waals surface area contributed by atoms with Crippen molar-refractivity contribution in [3.05, 3.63) is 12.3 Å². The predicted octanol–water partition coefficient (Wildman–Crippen LogP) is 2.18. The van der Waals surface area contributed by atoms with Crippen LogP contribution in [-0.2, 0) is 9.47 Å². The molecule has 0 amide bonds. The second kappa shape index (κ2) is 10.0. The predicted molar refractivity (Wildman–Crippen MR) is 98.6 cm³/mol. The summed E-state index contributed by atoms with van der Waals surface area (Å²) in [6.45, 7) is 5.86. The Bertz CT molecular complexity index is 531. The molecule has 0 atom stereocenters. The number of unbranched alkanes of at least 4 members (excludes halogenated alkanes) is 1. The van der Waals surface area contributed by atoms with E-state index in [1.54, 1.807) is 6.20 Å². The highest BCUT2D eigenvalue weighted by Gasteiger charge is 2.31. The van der Waals surface area contributed by atoms with E-state index in [1.165, 1.54) is 0 Å². The molecule has 0 bridgehead atoms. The number of nitrogens with zero attached hydrogens (tertiary/aromatic N) is 3. The summed E-state index contributed by atoms with van der Waals surface area (Å²) in [4.78, 5) is 2.23. The van der Waals surface area contributed by atoms with Crippen LogP contribution in [0.15, 0.2) is 12.3 Å². The third-order valence-corrected chi connectivity index (χ3v) is 4.98. The van der Waals surface area contributed by atoms with E-state index in [0.717, 1.165) is 69.8 Å². The first-order valence-corrected chi connectivity index (χ1v) is 9.86. The van der Waals surface area contributed by atoms with Gasteiger partial charge in [-0.15, -0.1) is 5.10 Å². The van der Waals surface area contributed by atoms with E-state index < -0.39 is 0 Å². The van der Waals surface area contributed by atoms with Gasteiger partial charge in [-0.25, -0.2) is 0 Å². The number of aliphatic hydroxyl groups excluding tert-OH is 1. The number of hydrogen-bond acceptors (Lipinski definition) is 7. The smallest absolute Gasteiger partial charge is 0.154 e. The largest absolute Gasteiger partial charge is 0.489 e. The number of hydrogen-bond donors (Lipinski definition) is 1. The maximum absolute atomic E-state index is 9.36. The quantitative estimate of drug-likeness (QED) is 0.637. The summed E-state index contributed by atoms with van der Waals surface area (Å²) in [7, 11) is 0. The van der Waals surface area contributed by atoms with Gasteiger partial charge in [-0.05, 0) is 32.1 Å². The number of rotatable bonds is 10. The summed E-state index contributed by atoms with van der Waals surface area (Å²) in [6.07, 6.45) is 7.78. The van der Waals surface area contributed by atoms with Crippen LogP contribution in [0.25, 0.3) is 0 Å². The number of aromatic nitrogens is 2. The van der Waals surface area contributed by atoms with Crippen LogP contribution in [0.4, 0.5) is 5.82 Å². The third-order valence-electron chi connectivity index (χ3n) is 4.98. The summed E-state index contributed by atoms with van der Waals surface area (Å²) >= 11 is 0. The molecule has 3 rings (SSSR count). The van der Waals surface area contributed by atoms with Crippen molar-refractivity contribution in [1.29, 1.82) is 0 Å². The molecule has 1 aliphatic heterocycles. The Kier molecular flexibility index (Phi) is 7.46. The van der Waals surface area contributed by atoms with Crippen molar-refractivity contribution >= 4 is 5.82 Å². The minimum Gasteiger partial charge on any atom is -0.489 e. The Labute approximate surface area is 155 Å². The van der Waals surface area contributed by atoms with Gasteiger partial charge in [0.2, 0.25) is 0 Å². The molecule has 2 aliphatic rings. The summed E-state index contributed by atoms with van der Waals surface area (Å²) < 4.78 is 17.3. The topological polar surface area (TPSA) is 76.9 Å². The summed E-state index contributed by atoms with van der Waals surface area (Å²) in [5.74, 6) is 1.59. The first kappa shape index (κ1) is 19.3. The summed E-state index contributed by atoms with van der Waals surface area (Å²) in [5, 5.41) is 17.7. The maximum atomic E-state index is 9.36. The number of piperidine rings is 1. The molecule has 1 aromatic heterocycles. The molecule has 1 N–H and O–H groups in total. The van der Waals surface area contributed by atoms with Gasteiger partial charge in [-0.1, -0.05) is 13.3 Å². The molecule has 26 heavy (non-hydrogen) atoms. The standard InChI is InChI=1S/C19H31N3O4/c1-2-3-8-24-9-10-25-18-13-19(21-20-14-18)22-6-4-16(5-7-22)26-17-11-15(23)12-17/h13-17,23H,2-12H2,1H3. The zero-order chi connectivity index (χ0) is 18.2. The van der Waals surface area contributed by atoms with E-state index in [0.29, 0.717) is 13.2 Å². The van der Waals surface area contributed by atoms with Crippen LogP contribution in [0.1, 0.15) is 45.4 Å². The molecule has 7 nitrogen and oxygen atoms in total. The average molecular weight is 365 g/mol. The SMILES string of the molecule is CCCCOCCOc1cnnc(N2CCC(OC3CC(O)C3)CC2)c1. The molecule has 0 spiro atoms. The number of ether oxygens (including phenoxy) is 3. The molecule has 0 radical (unpaired) electrons. The second-order valence-electron chi connectivity index (χ2n) is 7.13. The fraction of sp³-hybridized carbons (Fsp3) is 0.789. The molecule has 1 aromatic rings. The molecule has 2 heterocycles. The molecule has 2 fully saturated rings. The van der Waals surface area contributed by atoms with Gasteiger partial charge < -0.3 is 24.2 Å². The van der Waals surface area contributed by atoms with Gasteiger partial charge in [0.05, 0.1) is 31.1 Å². The molecular weight excluding hydrogens is 334 g/mol. The van der Waals surface area contributed by atoms with Crippen LogP contribution in [-0.4, -0.2) is 66.5 Å². The zero-order valence-electron chi connectivity index (χ0n) is 15.7. The molecule has 0 unspecified atom stereocenters. The number of aliphatic hydroxyl groups is 1. The lowest BCUT2D eigenvalue weighted by Crippen LogP contribution is -2.43. The highest BCUT2D eigenvalue weighted by atomic mass is 16.5. The Balaban J connectivity index is 1.38. The lowest BCUT2D eigenvalue weighted by molar-refractivity contribution is -0.108. The van der Waals surface area contributed by atoms with Crippen molar-refractivity contribution in [1.82, 2.24) is 10.2 Å². The van der Waals surface area contributed by atoms with Crippen molar-refractivity contribution in [2.75, 3.05) is 37.8 Å². The second-order valence-corrected chi connectivity index (χ2v) is 7.13. The van der Waals surface area contributed by atoms with Crippen molar-refractivity contribution in [2.24, 2.45) is 0 Å². The molecule has 1 aliphatic carbocycles. The minimum absolute atomic E-state index is 0.157. The minimum atomic E-state index is -0.157. The van der Waals surface area contributed by atoms with E-state index >= 15 is 0 Å². The fourth-order valence-corrected chi connectivity index (χ4v) is 3.28. The van der Waals surface area contributed by atoms with E-state index in [2.05, 4.69) is 22.0 Å². The first-order chi connectivity index (χ1) is 12.7. The maximum Gasteiger partial charge on any atom is 0.154 e. The van der Waals surface area contributed by atoms with Crippen LogP contribution < -0.4 is 9.64 Å². The Morgan fingerprint density at radius 1 is 1.15 bits per heavy atom. The van der Waals surface area contributed by atoms with Gasteiger partial charge in [0.25, 0.3) is 0 Å². The van der Waals surface area contributed by atoms with Crippen molar-refractivity contribution in [3.63, 3.8) is 0 Å². The van der Waals surface area contributed by atoms with Gasteiger partial charge in [0, 0.05) is 25.8 Å². The zero-order valence-corrected chi connectivity index (χ0v) is 15.7. The fourth-order valence-electron chi connectivity index (χ4n) is 3.28. The van der Waals surface area contributed by atoms with Crippen molar-refractivity contribution < 1.29 is 19.3 Å². The normalized spacial score (nSPS) is 23.7. The summed E-state index contributed by atoms with van der Waals surface area (Å²) in [5.41, 5.74) is 0. The van der Waals surface area contributed by atoms with Crippen LogP contribution in [0.5, 0.6) is 5.75 Å². The van der Waals surface area contributed by atoms with Crippen LogP contribution in [0.3, 0.4) is 0 Å². The average Bonchev–Trinajstić information content (AvgIpc) is 2.64. The highest BCUT2D eigenvalue weighted by molar-refractivity contribution is 5.42. The molecule has 146 valence electrons. The highest BCUT2D eigenvalue weighted by Crippen LogP contribution is 2.28. The molecule has 7 heteroatoms. The Hall–Kier alpha value is -1.44. The monoisotopic (exact) mass is 365 g/mol.